The fourth-order valence-electron chi connectivity index (χ4n) is 2.00. The Hall–Kier alpha value is -1.22. The van der Waals surface area contributed by atoms with Crippen LogP contribution in [0.1, 0.15) is 38.7 Å². The van der Waals surface area contributed by atoms with Gasteiger partial charge in [0.15, 0.2) is 0 Å². The van der Waals surface area contributed by atoms with Gasteiger partial charge in [0.1, 0.15) is 11.6 Å². The largest absolute Gasteiger partial charge is 0.314 e. The molecule has 0 fully saturated rings. The molecule has 0 amide bonds. The van der Waals surface area contributed by atoms with Crippen LogP contribution in [0.25, 0.3) is 0 Å². The van der Waals surface area contributed by atoms with Crippen LogP contribution < -0.4 is 5.32 Å². The van der Waals surface area contributed by atoms with Crippen LogP contribution in [0.5, 0.6) is 0 Å². The van der Waals surface area contributed by atoms with E-state index < -0.39 is 11.6 Å². The van der Waals surface area contributed by atoms with Gasteiger partial charge < -0.3 is 5.32 Å². The molecular weight excluding hydrogens is 244 g/mol. The van der Waals surface area contributed by atoms with Crippen LogP contribution in [-0.4, -0.2) is 12.6 Å². The Balaban J connectivity index is 2.66. The summed E-state index contributed by atoms with van der Waals surface area (Å²) in [4.78, 5) is 0. The molecule has 1 aromatic carbocycles. The fraction of sp³-hybridized carbons (Fsp3) is 0.500. The zero-order valence-electron chi connectivity index (χ0n) is 11.8. The van der Waals surface area contributed by atoms with Gasteiger partial charge in [-0.15, -0.1) is 6.58 Å². The van der Waals surface area contributed by atoms with Gasteiger partial charge in [0, 0.05) is 12.1 Å². The standard InChI is InChI=1S/C16H23F2N/c1-4-9-19-15(8-5-12(2)3)10-13-6-7-14(17)11-16(13)18/h6-7,11,15,19H,2,4-5,8-10H2,1,3H3. The second-order valence-corrected chi connectivity index (χ2v) is 5.09. The Morgan fingerprint density at radius 3 is 2.68 bits per heavy atom. The van der Waals surface area contributed by atoms with Crippen molar-refractivity contribution in [2.75, 3.05) is 6.54 Å². The molecule has 3 heteroatoms. The second-order valence-electron chi connectivity index (χ2n) is 5.09. The van der Waals surface area contributed by atoms with E-state index in [-0.39, 0.29) is 6.04 Å². The summed E-state index contributed by atoms with van der Waals surface area (Å²) >= 11 is 0. The van der Waals surface area contributed by atoms with Crippen LogP contribution in [-0.2, 0) is 6.42 Å². The molecular formula is C16H23F2N. The average Bonchev–Trinajstić information content (AvgIpc) is 2.35. The number of rotatable bonds is 8. The van der Waals surface area contributed by atoms with Crippen molar-refractivity contribution in [1.29, 1.82) is 0 Å². The number of benzene rings is 1. The molecule has 0 aromatic heterocycles. The van der Waals surface area contributed by atoms with Crippen molar-refractivity contribution in [3.63, 3.8) is 0 Å². The van der Waals surface area contributed by atoms with E-state index in [1.165, 1.54) is 12.1 Å². The van der Waals surface area contributed by atoms with Crippen molar-refractivity contribution in [2.24, 2.45) is 0 Å². The van der Waals surface area contributed by atoms with Gasteiger partial charge in [-0.05, 0) is 50.8 Å². The summed E-state index contributed by atoms with van der Waals surface area (Å²) in [6.45, 7) is 8.89. The monoisotopic (exact) mass is 267 g/mol. The van der Waals surface area contributed by atoms with Crippen LogP contribution in [0.15, 0.2) is 30.4 Å². The minimum absolute atomic E-state index is 0.205. The van der Waals surface area contributed by atoms with Crippen molar-refractivity contribution in [2.45, 2.75) is 45.6 Å². The highest BCUT2D eigenvalue weighted by molar-refractivity contribution is 5.19. The lowest BCUT2D eigenvalue weighted by Gasteiger charge is -2.19. The molecule has 0 saturated heterocycles. The van der Waals surface area contributed by atoms with Gasteiger partial charge in [-0.25, -0.2) is 8.78 Å². The smallest absolute Gasteiger partial charge is 0.129 e. The first-order chi connectivity index (χ1) is 9.02. The van der Waals surface area contributed by atoms with Gasteiger partial charge in [-0.3, -0.25) is 0 Å². The van der Waals surface area contributed by atoms with Crippen LogP contribution >= 0.6 is 0 Å². The quantitative estimate of drug-likeness (QED) is 0.695. The summed E-state index contributed by atoms with van der Waals surface area (Å²) in [6.07, 6.45) is 3.46. The van der Waals surface area contributed by atoms with Crippen LogP contribution in [0, 0.1) is 11.6 Å². The Labute approximate surface area is 114 Å². The van der Waals surface area contributed by atoms with Gasteiger partial charge in [-0.2, -0.15) is 0 Å². The van der Waals surface area contributed by atoms with Gasteiger partial charge in [0.2, 0.25) is 0 Å². The van der Waals surface area contributed by atoms with Crippen molar-refractivity contribution in [1.82, 2.24) is 5.32 Å². The summed E-state index contributed by atoms with van der Waals surface area (Å²) in [6, 6.07) is 4.00. The molecule has 1 N–H and O–H groups in total. The third-order valence-electron chi connectivity index (χ3n) is 3.08. The molecule has 1 aromatic rings. The number of nitrogens with one attached hydrogen (secondary N) is 1. The first-order valence-electron chi connectivity index (χ1n) is 6.84. The maximum absolute atomic E-state index is 13.6. The highest BCUT2D eigenvalue weighted by Crippen LogP contribution is 2.15. The summed E-state index contributed by atoms with van der Waals surface area (Å²) < 4.78 is 26.5. The molecule has 0 heterocycles. The predicted octanol–water partition coefficient (Wildman–Crippen LogP) is 4.23. The molecule has 0 bridgehead atoms. The van der Waals surface area contributed by atoms with Crippen molar-refractivity contribution in [3.05, 3.63) is 47.5 Å². The molecule has 1 atom stereocenters. The van der Waals surface area contributed by atoms with E-state index in [2.05, 4.69) is 18.8 Å². The molecule has 0 radical (unpaired) electrons. The van der Waals surface area contributed by atoms with E-state index >= 15 is 0 Å². The van der Waals surface area contributed by atoms with Crippen LogP contribution in [0.2, 0.25) is 0 Å². The third kappa shape index (κ3) is 5.97. The van der Waals surface area contributed by atoms with Crippen LogP contribution in [0.3, 0.4) is 0 Å². The van der Waals surface area contributed by atoms with E-state index in [1.54, 1.807) is 0 Å². The highest BCUT2D eigenvalue weighted by Gasteiger charge is 2.12. The first-order valence-corrected chi connectivity index (χ1v) is 6.84. The summed E-state index contributed by atoms with van der Waals surface area (Å²) in [5.41, 5.74) is 1.69. The minimum Gasteiger partial charge on any atom is -0.314 e. The summed E-state index contributed by atoms with van der Waals surface area (Å²) in [5.74, 6) is -0.986. The number of hydrogen-bond acceptors (Lipinski definition) is 1. The second kappa shape index (κ2) is 8.05. The molecule has 1 unspecified atom stereocenters. The first kappa shape index (κ1) is 15.8. The number of halogens is 2. The molecule has 0 aliphatic heterocycles. The number of hydrogen-bond donors (Lipinski definition) is 1. The summed E-state index contributed by atoms with van der Waals surface area (Å²) in [5, 5.41) is 3.41. The van der Waals surface area contributed by atoms with E-state index in [4.69, 9.17) is 0 Å². The Morgan fingerprint density at radius 2 is 2.11 bits per heavy atom. The van der Waals surface area contributed by atoms with E-state index in [0.29, 0.717) is 12.0 Å². The lowest BCUT2D eigenvalue weighted by atomic mass is 9.99. The van der Waals surface area contributed by atoms with Crippen molar-refractivity contribution < 1.29 is 8.78 Å². The SMILES string of the molecule is C=C(C)CCC(Cc1ccc(F)cc1F)NCCC. The summed E-state index contributed by atoms with van der Waals surface area (Å²) in [7, 11) is 0. The fourth-order valence-corrected chi connectivity index (χ4v) is 2.00. The maximum Gasteiger partial charge on any atom is 0.129 e. The molecule has 0 saturated carbocycles. The molecule has 19 heavy (non-hydrogen) atoms. The van der Waals surface area contributed by atoms with E-state index in [9.17, 15) is 8.78 Å². The third-order valence-corrected chi connectivity index (χ3v) is 3.08. The Morgan fingerprint density at radius 1 is 1.37 bits per heavy atom. The average molecular weight is 267 g/mol. The number of allylic oxidation sites excluding steroid dienone is 1. The van der Waals surface area contributed by atoms with Gasteiger partial charge in [-0.1, -0.05) is 18.6 Å². The minimum atomic E-state index is -0.527. The maximum atomic E-state index is 13.6. The normalized spacial score (nSPS) is 12.4. The lowest BCUT2D eigenvalue weighted by molar-refractivity contribution is 0.466. The van der Waals surface area contributed by atoms with Crippen molar-refractivity contribution in [3.8, 4) is 0 Å². The molecule has 1 rings (SSSR count). The zero-order chi connectivity index (χ0) is 14.3. The predicted molar refractivity (Wildman–Crippen MR) is 76.2 cm³/mol. The molecule has 1 nitrogen and oxygen atoms in total. The van der Waals surface area contributed by atoms with E-state index in [1.807, 2.05) is 6.92 Å². The molecule has 0 spiro atoms. The highest BCUT2D eigenvalue weighted by atomic mass is 19.1. The van der Waals surface area contributed by atoms with Gasteiger partial charge in [0.05, 0.1) is 0 Å². The van der Waals surface area contributed by atoms with E-state index in [0.717, 1.165) is 37.4 Å². The molecule has 0 aliphatic rings. The van der Waals surface area contributed by atoms with Crippen LogP contribution in [0.4, 0.5) is 8.78 Å². The van der Waals surface area contributed by atoms with Gasteiger partial charge in [0.25, 0.3) is 0 Å². The van der Waals surface area contributed by atoms with Gasteiger partial charge >= 0.3 is 0 Å². The van der Waals surface area contributed by atoms with Crippen molar-refractivity contribution >= 4 is 0 Å². The Kier molecular flexibility index (Phi) is 6.71. The zero-order valence-corrected chi connectivity index (χ0v) is 11.8. The molecule has 0 aliphatic carbocycles. The lowest BCUT2D eigenvalue weighted by Crippen LogP contribution is -2.32. The Bertz CT molecular complexity index is 415. The molecule has 106 valence electrons. The topological polar surface area (TPSA) is 12.0 Å².